The van der Waals surface area contributed by atoms with Crippen molar-refractivity contribution in [1.29, 1.82) is 0 Å². The number of ether oxygens (including phenoxy) is 1. The molecule has 1 saturated carbocycles. The SMILES string of the molecule is CC1CCCC(C(=O)N2CC(CO)OC(C)(C)C2)C1N. The van der Waals surface area contributed by atoms with E-state index in [4.69, 9.17) is 10.5 Å². The maximum Gasteiger partial charge on any atom is 0.227 e. The van der Waals surface area contributed by atoms with Gasteiger partial charge in [0.2, 0.25) is 5.91 Å². The zero-order valence-electron chi connectivity index (χ0n) is 12.8. The van der Waals surface area contributed by atoms with E-state index in [-0.39, 0.29) is 30.6 Å². The van der Waals surface area contributed by atoms with Crippen molar-refractivity contribution >= 4 is 5.91 Å². The van der Waals surface area contributed by atoms with Crippen LogP contribution in [-0.4, -0.2) is 53.4 Å². The Morgan fingerprint density at radius 2 is 2.15 bits per heavy atom. The topological polar surface area (TPSA) is 75.8 Å². The van der Waals surface area contributed by atoms with Crippen LogP contribution in [0.4, 0.5) is 0 Å². The smallest absolute Gasteiger partial charge is 0.227 e. The maximum absolute atomic E-state index is 12.8. The fourth-order valence-electron chi connectivity index (χ4n) is 3.52. The first-order valence-corrected chi connectivity index (χ1v) is 7.67. The van der Waals surface area contributed by atoms with Gasteiger partial charge in [0, 0.05) is 19.1 Å². The van der Waals surface area contributed by atoms with Gasteiger partial charge in [0.15, 0.2) is 0 Å². The second-order valence-corrected chi connectivity index (χ2v) is 6.99. The van der Waals surface area contributed by atoms with Crippen LogP contribution in [0, 0.1) is 11.8 Å². The number of aliphatic hydroxyl groups excluding tert-OH is 1. The highest BCUT2D eigenvalue weighted by atomic mass is 16.5. The molecular weight excluding hydrogens is 256 g/mol. The molecule has 1 aliphatic carbocycles. The molecule has 0 aromatic heterocycles. The molecule has 116 valence electrons. The molecule has 1 heterocycles. The Labute approximate surface area is 121 Å². The minimum atomic E-state index is -0.411. The highest BCUT2D eigenvalue weighted by Crippen LogP contribution is 2.31. The second-order valence-electron chi connectivity index (χ2n) is 6.99. The minimum absolute atomic E-state index is 0.0465. The third kappa shape index (κ3) is 3.32. The predicted octanol–water partition coefficient (Wildman–Crippen LogP) is 0.748. The van der Waals surface area contributed by atoms with Gasteiger partial charge in [-0.15, -0.1) is 0 Å². The van der Waals surface area contributed by atoms with Gasteiger partial charge in [-0.25, -0.2) is 0 Å². The largest absolute Gasteiger partial charge is 0.394 e. The van der Waals surface area contributed by atoms with E-state index in [1.165, 1.54) is 0 Å². The standard InChI is InChI=1S/C15H28N2O3/c1-10-5-4-6-12(13(10)16)14(19)17-7-11(8-18)20-15(2,3)9-17/h10-13,18H,4-9,16H2,1-3H3. The molecule has 20 heavy (non-hydrogen) atoms. The first-order valence-electron chi connectivity index (χ1n) is 7.67. The Morgan fingerprint density at radius 3 is 2.80 bits per heavy atom. The summed E-state index contributed by atoms with van der Waals surface area (Å²) in [4.78, 5) is 14.6. The quantitative estimate of drug-likeness (QED) is 0.784. The average Bonchev–Trinajstić information content (AvgIpc) is 2.39. The van der Waals surface area contributed by atoms with E-state index in [1.807, 2.05) is 18.7 Å². The summed E-state index contributed by atoms with van der Waals surface area (Å²) in [7, 11) is 0. The van der Waals surface area contributed by atoms with Crippen LogP contribution in [0.1, 0.15) is 40.0 Å². The lowest BCUT2D eigenvalue weighted by Gasteiger charge is -2.45. The highest BCUT2D eigenvalue weighted by molar-refractivity contribution is 5.80. The summed E-state index contributed by atoms with van der Waals surface area (Å²) in [6, 6.07) is -0.0465. The van der Waals surface area contributed by atoms with Crippen molar-refractivity contribution in [3.63, 3.8) is 0 Å². The van der Waals surface area contributed by atoms with E-state index in [9.17, 15) is 9.90 Å². The molecule has 0 aromatic rings. The summed E-state index contributed by atoms with van der Waals surface area (Å²) in [5.74, 6) is 0.464. The molecule has 1 aliphatic heterocycles. The molecule has 4 unspecified atom stereocenters. The maximum atomic E-state index is 12.8. The number of carbonyl (C=O) groups excluding carboxylic acids is 1. The Balaban J connectivity index is 2.07. The Kier molecular flexibility index (Phi) is 4.72. The molecule has 5 nitrogen and oxygen atoms in total. The number of hydrogen-bond acceptors (Lipinski definition) is 4. The molecule has 1 amide bonds. The summed E-state index contributed by atoms with van der Waals surface area (Å²) < 4.78 is 5.76. The van der Waals surface area contributed by atoms with Gasteiger partial charge in [-0.1, -0.05) is 13.3 Å². The molecule has 2 aliphatic rings. The van der Waals surface area contributed by atoms with E-state index >= 15 is 0 Å². The Bertz CT molecular complexity index is 359. The van der Waals surface area contributed by atoms with Crippen LogP contribution in [0.15, 0.2) is 0 Å². The van der Waals surface area contributed by atoms with E-state index in [0.717, 1.165) is 19.3 Å². The first kappa shape index (κ1) is 15.7. The summed E-state index contributed by atoms with van der Waals surface area (Å²) in [5, 5.41) is 9.34. The third-order valence-electron chi connectivity index (χ3n) is 4.61. The number of carbonyl (C=O) groups is 1. The van der Waals surface area contributed by atoms with Crippen molar-refractivity contribution in [2.75, 3.05) is 19.7 Å². The molecule has 2 rings (SSSR count). The predicted molar refractivity (Wildman–Crippen MR) is 77.1 cm³/mol. The minimum Gasteiger partial charge on any atom is -0.394 e. The molecule has 5 heteroatoms. The fraction of sp³-hybridized carbons (Fsp3) is 0.933. The number of aliphatic hydroxyl groups is 1. The molecule has 0 bridgehead atoms. The number of nitrogens with zero attached hydrogens (tertiary/aromatic N) is 1. The van der Waals surface area contributed by atoms with Gasteiger partial charge in [0.1, 0.15) is 0 Å². The normalized spacial score (nSPS) is 37.8. The van der Waals surface area contributed by atoms with Crippen molar-refractivity contribution in [3.05, 3.63) is 0 Å². The van der Waals surface area contributed by atoms with Crippen molar-refractivity contribution in [2.24, 2.45) is 17.6 Å². The number of hydrogen-bond donors (Lipinski definition) is 2. The molecule has 0 radical (unpaired) electrons. The lowest BCUT2D eigenvalue weighted by Crippen LogP contribution is -2.59. The molecule has 1 saturated heterocycles. The third-order valence-corrected chi connectivity index (χ3v) is 4.61. The van der Waals surface area contributed by atoms with Crippen LogP contribution in [0.5, 0.6) is 0 Å². The van der Waals surface area contributed by atoms with E-state index < -0.39 is 5.60 Å². The van der Waals surface area contributed by atoms with E-state index in [2.05, 4.69) is 6.92 Å². The monoisotopic (exact) mass is 284 g/mol. The van der Waals surface area contributed by atoms with E-state index in [0.29, 0.717) is 19.0 Å². The van der Waals surface area contributed by atoms with Gasteiger partial charge in [-0.05, 0) is 32.6 Å². The Hall–Kier alpha value is -0.650. The average molecular weight is 284 g/mol. The van der Waals surface area contributed by atoms with Gasteiger partial charge in [-0.3, -0.25) is 4.79 Å². The summed E-state index contributed by atoms with van der Waals surface area (Å²) >= 11 is 0. The zero-order valence-corrected chi connectivity index (χ0v) is 12.8. The molecule has 4 atom stereocenters. The van der Waals surface area contributed by atoms with Crippen molar-refractivity contribution in [3.8, 4) is 0 Å². The van der Waals surface area contributed by atoms with Gasteiger partial charge in [0.05, 0.1) is 24.2 Å². The fourth-order valence-corrected chi connectivity index (χ4v) is 3.52. The van der Waals surface area contributed by atoms with Crippen LogP contribution < -0.4 is 5.73 Å². The van der Waals surface area contributed by atoms with Crippen molar-refractivity contribution in [2.45, 2.75) is 57.8 Å². The summed E-state index contributed by atoms with van der Waals surface area (Å²) in [6.07, 6.45) is 2.77. The van der Waals surface area contributed by atoms with Crippen LogP contribution in [0.2, 0.25) is 0 Å². The van der Waals surface area contributed by atoms with Crippen molar-refractivity contribution < 1.29 is 14.6 Å². The van der Waals surface area contributed by atoms with Crippen LogP contribution >= 0.6 is 0 Å². The van der Waals surface area contributed by atoms with Gasteiger partial charge >= 0.3 is 0 Å². The highest BCUT2D eigenvalue weighted by Gasteiger charge is 2.40. The van der Waals surface area contributed by atoms with Crippen LogP contribution in [-0.2, 0) is 9.53 Å². The van der Waals surface area contributed by atoms with Gasteiger partial charge in [-0.2, -0.15) is 0 Å². The number of amides is 1. The summed E-state index contributed by atoms with van der Waals surface area (Å²) in [6.45, 7) is 7.03. The zero-order chi connectivity index (χ0) is 14.9. The van der Waals surface area contributed by atoms with Crippen molar-refractivity contribution in [1.82, 2.24) is 4.90 Å². The van der Waals surface area contributed by atoms with Gasteiger partial charge < -0.3 is 20.5 Å². The lowest BCUT2D eigenvalue weighted by atomic mass is 9.77. The van der Waals surface area contributed by atoms with Crippen LogP contribution in [0.3, 0.4) is 0 Å². The van der Waals surface area contributed by atoms with Gasteiger partial charge in [0.25, 0.3) is 0 Å². The van der Waals surface area contributed by atoms with Crippen LogP contribution in [0.25, 0.3) is 0 Å². The first-order chi connectivity index (χ1) is 9.34. The van der Waals surface area contributed by atoms with E-state index in [1.54, 1.807) is 0 Å². The molecule has 2 fully saturated rings. The molecular formula is C15H28N2O3. The molecule has 0 aromatic carbocycles. The number of nitrogens with two attached hydrogens (primary N) is 1. The Morgan fingerprint density at radius 1 is 1.45 bits per heavy atom. The summed E-state index contributed by atoms with van der Waals surface area (Å²) in [5.41, 5.74) is 5.83. The second kappa shape index (κ2) is 6.00. The number of morpholine rings is 1. The molecule has 3 N–H and O–H groups in total. The lowest BCUT2D eigenvalue weighted by molar-refractivity contribution is -0.171. The molecule has 0 spiro atoms. The number of rotatable bonds is 2.